The van der Waals surface area contributed by atoms with Crippen LogP contribution in [0.5, 0.6) is 0 Å². The molecule has 1 aliphatic rings. The summed E-state index contributed by atoms with van der Waals surface area (Å²) in [5.74, 6) is 1.02. The Balaban J connectivity index is 1.73. The van der Waals surface area contributed by atoms with E-state index in [-0.39, 0.29) is 0 Å². The number of unbranched alkanes of at least 4 members (excludes halogenated alkanes) is 13. The molecule has 0 amide bonds. The summed E-state index contributed by atoms with van der Waals surface area (Å²) in [6, 6.07) is 0.441. The van der Waals surface area contributed by atoms with Crippen LogP contribution in [0, 0.1) is 0 Å². The van der Waals surface area contributed by atoms with Gasteiger partial charge < -0.3 is 4.74 Å². The predicted molar refractivity (Wildman–Crippen MR) is 102 cm³/mol. The summed E-state index contributed by atoms with van der Waals surface area (Å²) in [4.78, 5) is 4.60. The first kappa shape index (κ1) is 20.5. The zero-order valence-electron chi connectivity index (χ0n) is 16.0. The van der Waals surface area contributed by atoms with Gasteiger partial charge in [-0.1, -0.05) is 97.3 Å². The normalized spacial score (nSPS) is 17.3. The fourth-order valence-corrected chi connectivity index (χ4v) is 3.29. The molecule has 1 aliphatic heterocycles. The summed E-state index contributed by atoms with van der Waals surface area (Å²) in [6.07, 6.45) is 22.0. The molecule has 1 unspecified atom stereocenters. The number of aliphatic imine (C=N–C) groups is 1. The second-order valence-electron chi connectivity index (χ2n) is 7.24. The number of nitrogens with zero attached hydrogens (tertiary/aromatic N) is 1. The van der Waals surface area contributed by atoms with Crippen LogP contribution in [0.3, 0.4) is 0 Å². The zero-order chi connectivity index (χ0) is 16.6. The Kier molecular flexibility index (Phi) is 13.4. The summed E-state index contributed by atoms with van der Waals surface area (Å²) >= 11 is 0. The van der Waals surface area contributed by atoms with Crippen molar-refractivity contribution in [2.75, 3.05) is 6.61 Å². The van der Waals surface area contributed by atoms with Crippen LogP contribution in [0.4, 0.5) is 0 Å². The van der Waals surface area contributed by atoms with Gasteiger partial charge in [-0.05, 0) is 12.8 Å². The third-order valence-electron chi connectivity index (χ3n) is 4.98. The fourth-order valence-electron chi connectivity index (χ4n) is 3.29. The molecule has 0 saturated heterocycles. The predicted octanol–water partition coefficient (Wildman–Crippen LogP) is 7.07. The third-order valence-corrected chi connectivity index (χ3v) is 4.98. The molecule has 2 nitrogen and oxygen atoms in total. The lowest BCUT2D eigenvalue weighted by atomic mass is 10.0. The molecule has 136 valence electrons. The molecule has 1 heterocycles. The van der Waals surface area contributed by atoms with Crippen molar-refractivity contribution in [3.8, 4) is 0 Å². The van der Waals surface area contributed by atoms with Crippen molar-refractivity contribution in [1.29, 1.82) is 0 Å². The van der Waals surface area contributed by atoms with Crippen molar-refractivity contribution in [1.82, 2.24) is 0 Å². The molecule has 0 aliphatic carbocycles. The van der Waals surface area contributed by atoms with Gasteiger partial charge in [0.2, 0.25) is 0 Å². The van der Waals surface area contributed by atoms with Gasteiger partial charge in [0.15, 0.2) is 5.90 Å². The van der Waals surface area contributed by atoms with Gasteiger partial charge in [-0.2, -0.15) is 0 Å². The van der Waals surface area contributed by atoms with Crippen LogP contribution in [-0.2, 0) is 4.74 Å². The van der Waals surface area contributed by atoms with Crippen molar-refractivity contribution in [3.05, 3.63) is 0 Å². The van der Waals surface area contributed by atoms with Gasteiger partial charge in [0.05, 0.1) is 6.04 Å². The number of rotatable bonds is 16. The molecular formula is C21H41NO. The van der Waals surface area contributed by atoms with Gasteiger partial charge >= 0.3 is 0 Å². The van der Waals surface area contributed by atoms with Crippen LogP contribution in [0.25, 0.3) is 0 Å². The Hall–Kier alpha value is -0.530. The van der Waals surface area contributed by atoms with Crippen LogP contribution < -0.4 is 0 Å². The van der Waals surface area contributed by atoms with Crippen LogP contribution in [-0.4, -0.2) is 18.5 Å². The lowest BCUT2D eigenvalue weighted by molar-refractivity contribution is 0.306. The first-order valence-corrected chi connectivity index (χ1v) is 10.6. The van der Waals surface area contributed by atoms with Crippen molar-refractivity contribution in [2.45, 2.75) is 123 Å². The van der Waals surface area contributed by atoms with Crippen molar-refractivity contribution >= 4 is 5.90 Å². The molecule has 1 rings (SSSR count). The number of ether oxygens (including phenoxy) is 1. The molecule has 0 spiro atoms. The summed E-state index contributed by atoms with van der Waals surface area (Å²) in [5.41, 5.74) is 0. The van der Waals surface area contributed by atoms with Gasteiger partial charge in [-0.25, -0.2) is 4.99 Å². The minimum absolute atomic E-state index is 0.441. The minimum atomic E-state index is 0.441. The summed E-state index contributed by atoms with van der Waals surface area (Å²) in [5, 5.41) is 0. The van der Waals surface area contributed by atoms with E-state index in [9.17, 15) is 0 Å². The van der Waals surface area contributed by atoms with Crippen LogP contribution in [0.2, 0.25) is 0 Å². The van der Waals surface area contributed by atoms with Crippen molar-refractivity contribution in [2.24, 2.45) is 4.99 Å². The maximum absolute atomic E-state index is 5.62. The number of hydrogen-bond acceptors (Lipinski definition) is 2. The average molecular weight is 324 g/mol. The quantitative estimate of drug-likeness (QED) is 0.278. The van der Waals surface area contributed by atoms with E-state index in [1.165, 1.54) is 89.9 Å². The molecule has 0 aromatic heterocycles. The Bertz CT molecular complexity index is 288. The van der Waals surface area contributed by atoms with Crippen molar-refractivity contribution < 1.29 is 4.74 Å². The van der Waals surface area contributed by atoms with Gasteiger partial charge in [0, 0.05) is 6.42 Å². The van der Waals surface area contributed by atoms with E-state index < -0.39 is 0 Å². The van der Waals surface area contributed by atoms with Crippen LogP contribution in [0.1, 0.15) is 117 Å². The van der Waals surface area contributed by atoms with Gasteiger partial charge in [-0.3, -0.25) is 0 Å². The molecule has 0 fully saturated rings. The average Bonchev–Trinajstić information content (AvgIpc) is 3.03. The van der Waals surface area contributed by atoms with E-state index in [0.29, 0.717) is 6.04 Å². The SMILES string of the molecule is CCCCCCCCCCCCCCCCC1=NC(CC)CO1. The maximum Gasteiger partial charge on any atom is 0.183 e. The molecule has 2 heteroatoms. The molecule has 0 aromatic rings. The van der Waals surface area contributed by atoms with E-state index >= 15 is 0 Å². The van der Waals surface area contributed by atoms with Gasteiger partial charge in [-0.15, -0.1) is 0 Å². The number of hydrogen-bond donors (Lipinski definition) is 0. The Morgan fingerprint density at radius 2 is 1.22 bits per heavy atom. The van der Waals surface area contributed by atoms with Gasteiger partial charge in [0.1, 0.15) is 6.61 Å². The Morgan fingerprint density at radius 3 is 1.65 bits per heavy atom. The van der Waals surface area contributed by atoms with E-state index in [4.69, 9.17) is 4.74 Å². The largest absolute Gasteiger partial charge is 0.479 e. The van der Waals surface area contributed by atoms with Gasteiger partial charge in [0.25, 0.3) is 0 Å². The standard InChI is InChI=1S/C21H41NO/c1-3-5-6-7-8-9-10-11-12-13-14-15-16-17-18-21-22-20(4-2)19-23-21/h20H,3-19H2,1-2H3. The lowest BCUT2D eigenvalue weighted by Gasteiger charge is -2.03. The van der Waals surface area contributed by atoms with Crippen molar-refractivity contribution in [3.63, 3.8) is 0 Å². The third kappa shape index (κ3) is 11.6. The fraction of sp³-hybridized carbons (Fsp3) is 0.952. The molecule has 0 radical (unpaired) electrons. The second kappa shape index (κ2) is 15.0. The summed E-state index contributed by atoms with van der Waals surface area (Å²) in [7, 11) is 0. The second-order valence-corrected chi connectivity index (χ2v) is 7.24. The summed E-state index contributed by atoms with van der Waals surface area (Å²) < 4.78 is 5.62. The maximum atomic E-state index is 5.62. The Morgan fingerprint density at radius 1 is 0.739 bits per heavy atom. The highest BCUT2D eigenvalue weighted by Gasteiger charge is 2.15. The zero-order valence-corrected chi connectivity index (χ0v) is 16.0. The van der Waals surface area contributed by atoms with E-state index in [1.54, 1.807) is 0 Å². The van der Waals surface area contributed by atoms with E-state index in [0.717, 1.165) is 25.3 Å². The smallest absolute Gasteiger partial charge is 0.183 e. The molecule has 0 saturated carbocycles. The molecular weight excluding hydrogens is 282 g/mol. The van der Waals surface area contributed by atoms with Crippen LogP contribution >= 0.6 is 0 Å². The minimum Gasteiger partial charge on any atom is -0.479 e. The molecule has 0 N–H and O–H groups in total. The monoisotopic (exact) mass is 323 g/mol. The first-order valence-electron chi connectivity index (χ1n) is 10.6. The highest BCUT2D eigenvalue weighted by Crippen LogP contribution is 2.15. The Labute approximate surface area is 145 Å². The highest BCUT2D eigenvalue weighted by atomic mass is 16.5. The molecule has 23 heavy (non-hydrogen) atoms. The highest BCUT2D eigenvalue weighted by molar-refractivity contribution is 5.77. The molecule has 1 atom stereocenters. The topological polar surface area (TPSA) is 21.6 Å². The summed E-state index contributed by atoms with van der Waals surface area (Å²) in [6.45, 7) is 5.30. The van der Waals surface area contributed by atoms with E-state index in [2.05, 4.69) is 18.8 Å². The van der Waals surface area contributed by atoms with Crippen LogP contribution in [0.15, 0.2) is 4.99 Å². The van der Waals surface area contributed by atoms with E-state index in [1.807, 2.05) is 0 Å². The lowest BCUT2D eigenvalue weighted by Crippen LogP contribution is -2.03. The molecule has 0 bridgehead atoms. The molecule has 0 aromatic carbocycles. The first-order chi connectivity index (χ1) is 11.4.